The monoisotopic (exact) mass is 289 g/mol. The van der Waals surface area contributed by atoms with Gasteiger partial charge in [0.2, 0.25) is 0 Å². The van der Waals surface area contributed by atoms with Gasteiger partial charge in [0.25, 0.3) is 5.69 Å². The molecule has 2 fully saturated rings. The van der Waals surface area contributed by atoms with Crippen LogP contribution in [-0.4, -0.2) is 30.6 Å². The molecule has 1 N–H and O–H groups in total. The Hall–Kier alpha value is -1.62. The van der Waals surface area contributed by atoms with Gasteiger partial charge in [-0.25, -0.2) is 0 Å². The van der Waals surface area contributed by atoms with Crippen LogP contribution in [0.1, 0.15) is 31.2 Å². The smallest absolute Gasteiger partial charge is 0.271 e. The van der Waals surface area contributed by atoms with E-state index in [2.05, 4.69) is 16.3 Å². The lowest BCUT2D eigenvalue weighted by Crippen LogP contribution is -2.37. The second-order valence-corrected chi connectivity index (χ2v) is 6.36. The molecule has 1 heterocycles. The number of anilines is 1. The highest BCUT2D eigenvalue weighted by Gasteiger charge is 2.32. The molecule has 0 radical (unpaired) electrons. The van der Waals surface area contributed by atoms with E-state index in [1.807, 2.05) is 6.92 Å². The molecule has 0 bridgehead atoms. The molecule has 0 aromatic heterocycles. The highest BCUT2D eigenvalue weighted by molar-refractivity contribution is 5.57. The number of nitrogens with one attached hydrogen (secondary N) is 1. The standard InChI is InChI=1S/C16H23N3O2/c1-12-8-15(10-16(9-12)19(20)21)18(14-2-3-14)11-13-4-6-17-7-5-13/h8-10,13-14,17H,2-7,11H2,1H3. The minimum absolute atomic E-state index is 0.209. The lowest BCUT2D eigenvalue weighted by Gasteiger charge is -2.32. The van der Waals surface area contributed by atoms with Crippen molar-refractivity contribution < 1.29 is 4.92 Å². The Bertz CT molecular complexity index is 522. The number of benzene rings is 1. The lowest BCUT2D eigenvalue weighted by atomic mass is 9.97. The van der Waals surface area contributed by atoms with Crippen LogP contribution in [0, 0.1) is 23.0 Å². The lowest BCUT2D eigenvalue weighted by molar-refractivity contribution is -0.384. The number of non-ortho nitro benzene ring substituents is 1. The summed E-state index contributed by atoms with van der Waals surface area (Å²) < 4.78 is 0. The summed E-state index contributed by atoms with van der Waals surface area (Å²) >= 11 is 0. The van der Waals surface area contributed by atoms with Gasteiger partial charge in [-0.05, 0) is 63.2 Å². The van der Waals surface area contributed by atoms with Gasteiger partial charge < -0.3 is 10.2 Å². The number of nitrogens with zero attached hydrogens (tertiary/aromatic N) is 2. The number of hydrogen-bond donors (Lipinski definition) is 1. The fraction of sp³-hybridized carbons (Fsp3) is 0.625. The Balaban J connectivity index is 1.81. The minimum atomic E-state index is -0.286. The van der Waals surface area contributed by atoms with E-state index in [4.69, 9.17) is 0 Å². The van der Waals surface area contributed by atoms with Gasteiger partial charge in [-0.15, -0.1) is 0 Å². The van der Waals surface area contributed by atoms with E-state index in [-0.39, 0.29) is 10.6 Å². The highest BCUT2D eigenvalue weighted by Crippen LogP contribution is 2.35. The largest absolute Gasteiger partial charge is 0.368 e. The summed E-state index contributed by atoms with van der Waals surface area (Å²) in [5, 5.41) is 14.5. The molecule has 3 rings (SSSR count). The summed E-state index contributed by atoms with van der Waals surface area (Å²) in [7, 11) is 0. The molecule has 0 amide bonds. The number of aryl methyl sites for hydroxylation is 1. The Morgan fingerprint density at radius 2 is 1.95 bits per heavy atom. The first-order valence-corrected chi connectivity index (χ1v) is 7.87. The van der Waals surface area contributed by atoms with Crippen molar-refractivity contribution in [3.05, 3.63) is 33.9 Å². The Kier molecular flexibility index (Phi) is 4.10. The summed E-state index contributed by atoms with van der Waals surface area (Å²) in [4.78, 5) is 13.2. The number of nitro groups is 1. The SMILES string of the molecule is Cc1cc(N(CC2CCNCC2)C2CC2)cc([N+](=O)[O-])c1. The Morgan fingerprint density at radius 3 is 2.57 bits per heavy atom. The second kappa shape index (κ2) is 6.02. The van der Waals surface area contributed by atoms with Crippen LogP contribution in [0.3, 0.4) is 0 Å². The van der Waals surface area contributed by atoms with Crippen LogP contribution in [0.2, 0.25) is 0 Å². The normalized spacial score (nSPS) is 19.5. The molecule has 1 aromatic rings. The van der Waals surface area contributed by atoms with Gasteiger partial charge in [-0.1, -0.05) is 0 Å². The minimum Gasteiger partial charge on any atom is -0.368 e. The molecule has 1 saturated heterocycles. The zero-order valence-electron chi connectivity index (χ0n) is 12.5. The van der Waals surface area contributed by atoms with E-state index < -0.39 is 0 Å². The molecule has 21 heavy (non-hydrogen) atoms. The molecule has 114 valence electrons. The zero-order valence-corrected chi connectivity index (χ0v) is 12.5. The average molecular weight is 289 g/mol. The van der Waals surface area contributed by atoms with E-state index in [0.717, 1.165) is 30.9 Å². The molecule has 5 nitrogen and oxygen atoms in total. The molecule has 1 aliphatic carbocycles. The van der Waals surface area contributed by atoms with Crippen LogP contribution in [0.4, 0.5) is 11.4 Å². The van der Waals surface area contributed by atoms with Crippen molar-refractivity contribution >= 4 is 11.4 Å². The molecule has 5 heteroatoms. The quantitative estimate of drug-likeness (QED) is 0.669. The number of piperidine rings is 1. The summed E-state index contributed by atoms with van der Waals surface area (Å²) in [6.07, 6.45) is 4.84. The van der Waals surface area contributed by atoms with Crippen molar-refractivity contribution in [2.24, 2.45) is 5.92 Å². The van der Waals surface area contributed by atoms with Gasteiger partial charge in [0, 0.05) is 30.4 Å². The van der Waals surface area contributed by atoms with Crippen molar-refractivity contribution in [2.75, 3.05) is 24.5 Å². The maximum atomic E-state index is 11.1. The Morgan fingerprint density at radius 1 is 1.24 bits per heavy atom. The topological polar surface area (TPSA) is 58.4 Å². The van der Waals surface area contributed by atoms with Crippen LogP contribution in [0.5, 0.6) is 0 Å². The van der Waals surface area contributed by atoms with E-state index >= 15 is 0 Å². The highest BCUT2D eigenvalue weighted by atomic mass is 16.6. The van der Waals surface area contributed by atoms with Crippen molar-refractivity contribution in [1.29, 1.82) is 0 Å². The summed E-state index contributed by atoms with van der Waals surface area (Å²) in [6.45, 7) is 5.16. The van der Waals surface area contributed by atoms with E-state index in [1.165, 1.54) is 25.7 Å². The van der Waals surface area contributed by atoms with Gasteiger partial charge in [0.1, 0.15) is 0 Å². The van der Waals surface area contributed by atoms with E-state index in [0.29, 0.717) is 12.0 Å². The van der Waals surface area contributed by atoms with Crippen LogP contribution in [-0.2, 0) is 0 Å². The zero-order chi connectivity index (χ0) is 14.8. The van der Waals surface area contributed by atoms with E-state index in [9.17, 15) is 10.1 Å². The van der Waals surface area contributed by atoms with Crippen LogP contribution in [0.15, 0.2) is 18.2 Å². The first-order valence-electron chi connectivity index (χ1n) is 7.87. The molecule has 0 spiro atoms. The van der Waals surface area contributed by atoms with Crippen molar-refractivity contribution in [3.8, 4) is 0 Å². The first-order chi connectivity index (χ1) is 10.1. The third-order valence-corrected chi connectivity index (χ3v) is 4.49. The van der Waals surface area contributed by atoms with Crippen LogP contribution < -0.4 is 10.2 Å². The summed E-state index contributed by atoms with van der Waals surface area (Å²) in [6, 6.07) is 6.07. The Labute approximate surface area is 125 Å². The second-order valence-electron chi connectivity index (χ2n) is 6.36. The fourth-order valence-electron chi connectivity index (χ4n) is 3.21. The van der Waals surface area contributed by atoms with Gasteiger partial charge >= 0.3 is 0 Å². The summed E-state index contributed by atoms with van der Waals surface area (Å²) in [5.41, 5.74) is 2.21. The molecular weight excluding hydrogens is 266 g/mol. The van der Waals surface area contributed by atoms with Crippen LogP contribution >= 0.6 is 0 Å². The van der Waals surface area contributed by atoms with Gasteiger partial charge in [-0.3, -0.25) is 10.1 Å². The molecule has 2 aliphatic rings. The molecule has 1 saturated carbocycles. The van der Waals surface area contributed by atoms with Gasteiger partial charge in [0.15, 0.2) is 0 Å². The fourth-order valence-corrected chi connectivity index (χ4v) is 3.21. The van der Waals surface area contributed by atoms with Crippen molar-refractivity contribution in [3.63, 3.8) is 0 Å². The van der Waals surface area contributed by atoms with Crippen molar-refractivity contribution in [2.45, 2.75) is 38.6 Å². The van der Waals surface area contributed by atoms with E-state index in [1.54, 1.807) is 12.1 Å². The molecule has 0 unspecified atom stereocenters. The molecule has 0 atom stereocenters. The predicted molar refractivity (Wildman–Crippen MR) is 83.8 cm³/mol. The van der Waals surface area contributed by atoms with Crippen molar-refractivity contribution in [1.82, 2.24) is 5.32 Å². The van der Waals surface area contributed by atoms with Gasteiger partial charge in [-0.2, -0.15) is 0 Å². The van der Waals surface area contributed by atoms with Crippen LogP contribution in [0.25, 0.3) is 0 Å². The third kappa shape index (κ3) is 3.53. The molecule has 1 aromatic carbocycles. The first kappa shape index (κ1) is 14.3. The maximum Gasteiger partial charge on any atom is 0.271 e. The number of nitro benzene ring substituents is 1. The van der Waals surface area contributed by atoms with Gasteiger partial charge in [0.05, 0.1) is 4.92 Å². The molecule has 1 aliphatic heterocycles. The summed E-state index contributed by atoms with van der Waals surface area (Å²) in [5.74, 6) is 0.700. The molecular formula is C16H23N3O2. The average Bonchev–Trinajstić information content (AvgIpc) is 3.29. The number of hydrogen-bond acceptors (Lipinski definition) is 4. The number of rotatable bonds is 5. The maximum absolute atomic E-state index is 11.1. The predicted octanol–water partition coefficient (Wildman–Crippen LogP) is 2.87. The third-order valence-electron chi connectivity index (χ3n) is 4.49.